The van der Waals surface area contributed by atoms with Gasteiger partial charge in [-0.15, -0.1) is 11.3 Å². The number of esters is 1. The van der Waals surface area contributed by atoms with Gasteiger partial charge in [-0.1, -0.05) is 11.6 Å². The predicted molar refractivity (Wildman–Crippen MR) is 76.7 cm³/mol. The minimum absolute atomic E-state index is 0.115. The number of carbonyl (C=O) groups excluding carboxylic acids is 2. The van der Waals surface area contributed by atoms with Crippen molar-refractivity contribution in [3.05, 3.63) is 21.3 Å². The fraction of sp³-hybridized carbons (Fsp3) is 0.462. The minimum Gasteiger partial charge on any atom is -0.466 e. The van der Waals surface area contributed by atoms with Gasteiger partial charge in [0.2, 0.25) is 0 Å². The summed E-state index contributed by atoms with van der Waals surface area (Å²) < 4.78 is 5.35. The van der Waals surface area contributed by atoms with Gasteiger partial charge in [-0.3, -0.25) is 9.59 Å². The minimum atomic E-state index is -0.355. The van der Waals surface area contributed by atoms with E-state index in [2.05, 4.69) is 0 Å². The van der Waals surface area contributed by atoms with Crippen LogP contribution in [0, 0.1) is 11.3 Å². The fourth-order valence-corrected chi connectivity index (χ4v) is 2.56. The van der Waals surface area contributed by atoms with Crippen molar-refractivity contribution in [1.82, 2.24) is 4.90 Å². The third-order valence-electron chi connectivity index (χ3n) is 2.46. The highest BCUT2D eigenvalue weighted by atomic mass is 35.5. The first kappa shape index (κ1) is 16.5. The molecule has 1 amide bonds. The van der Waals surface area contributed by atoms with Crippen LogP contribution in [0.3, 0.4) is 0 Å². The molecule has 7 heteroatoms. The van der Waals surface area contributed by atoms with Crippen LogP contribution in [-0.4, -0.2) is 36.5 Å². The molecule has 5 nitrogen and oxygen atoms in total. The highest BCUT2D eigenvalue weighted by Gasteiger charge is 2.18. The van der Waals surface area contributed by atoms with Crippen molar-refractivity contribution in [1.29, 1.82) is 5.26 Å². The van der Waals surface area contributed by atoms with Gasteiger partial charge in [0, 0.05) is 13.1 Å². The number of nitriles is 1. The summed E-state index contributed by atoms with van der Waals surface area (Å²) in [6, 6.07) is 5.27. The van der Waals surface area contributed by atoms with Crippen LogP contribution in [0.4, 0.5) is 0 Å². The van der Waals surface area contributed by atoms with Crippen molar-refractivity contribution in [3.63, 3.8) is 0 Å². The quantitative estimate of drug-likeness (QED) is 0.725. The van der Waals surface area contributed by atoms with E-state index in [9.17, 15) is 9.59 Å². The zero-order chi connectivity index (χ0) is 15.0. The maximum absolute atomic E-state index is 12.3. The van der Waals surface area contributed by atoms with Gasteiger partial charge >= 0.3 is 5.97 Å². The predicted octanol–water partition coefficient (Wildman–Crippen LogP) is 2.71. The average Bonchev–Trinajstić information content (AvgIpc) is 2.85. The SMILES string of the molecule is CCOC(=O)CCN(CCC#N)C(=O)c1ccc(Cl)s1. The van der Waals surface area contributed by atoms with Crippen molar-refractivity contribution in [2.24, 2.45) is 0 Å². The lowest BCUT2D eigenvalue weighted by molar-refractivity contribution is -0.143. The molecular weight excluding hydrogens is 300 g/mol. The summed E-state index contributed by atoms with van der Waals surface area (Å²) in [6.07, 6.45) is 0.331. The number of nitrogens with zero attached hydrogens (tertiary/aromatic N) is 2. The number of ether oxygens (including phenoxy) is 1. The highest BCUT2D eigenvalue weighted by molar-refractivity contribution is 7.17. The molecule has 0 bridgehead atoms. The van der Waals surface area contributed by atoms with E-state index in [1.807, 2.05) is 6.07 Å². The number of carbonyl (C=O) groups is 2. The van der Waals surface area contributed by atoms with Crippen LogP contribution in [0.2, 0.25) is 4.34 Å². The molecule has 0 saturated heterocycles. The maximum Gasteiger partial charge on any atom is 0.307 e. The van der Waals surface area contributed by atoms with Crippen molar-refractivity contribution in [2.45, 2.75) is 19.8 Å². The molecule has 0 aromatic carbocycles. The van der Waals surface area contributed by atoms with Gasteiger partial charge < -0.3 is 9.64 Å². The Morgan fingerprint density at radius 3 is 2.75 bits per heavy atom. The van der Waals surface area contributed by atoms with E-state index in [4.69, 9.17) is 21.6 Å². The molecule has 0 spiro atoms. The Labute approximate surface area is 126 Å². The molecule has 108 valence electrons. The van der Waals surface area contributed by atoms with Gasteiger partial charge in [0.1, 0.15) is 0 Å². The summed E-state index contributed by atoms with van der Waals surface area (Å²) in [5.41, 5.74) is 0. The molecule has 1 heterocycles. The Bertz CT molecular complexity index is 510. The third-order valence-corrected chi connectivity index (χ3v) is 3.68. The van der Waals surface area contributed by atoms with Crippen molar-refractivity contribution in [2.75, 3.05) is 19.7 Å². The third kappa shape index (κ3) is 5.19. The molecule has 0 aliphatic rings. The molecular formula is C13H15ClN2O3S. The van der Waals surface area contributed by atoms with E-state index in [1.54, 1.807) is 19.1 Å². The normalized spacial score (nSPS) is 9.85. The van der Waals surface area contributed by atoms with Crippen LogP contribution in [0.1, 0.15) is 29.4 Å². The number of rotatable bonds is 7. The first-order valence-corrected chi connectivity index (χ1v) is 7.35. The van der Waals surface area contributed by atoms with Crippen LogP contribution in [-0.2, 0) is 9.53 Å². The zero-order valence-electron chi connectivity index (χ0n) is 11.1. The van der Waals surface area contributed by atoms with Crippen LogP contribution in [0.25, 0.3) is 0 Å². The van der Waals surface area contributed by atoms with Crippen LogP contribution < -0.4 is 0 Å². The molecule has 1 aromatic heterocycles. The molecule has 1 aromatic rings. The molecule has 0 radical (unpaired) electrons. The summed E-state index contributed by atoms with van der Waals surface area (Å²) in [7, 11) is 0. The second kappa shape index (κ2) is 8.56. The number of thiophene rings is 1. The van der Waals surface area contributed by atoms with Crippen molar-refractivity contribution < 1.29 is 14.3 Å². The Hall–Kier alpha value is -1.58. The second-order valence-corrected chi connectivity index (χ2v) is 5.57. The van der Waals surface area contributed by atoms with Gasteiger partial charge in [-0.05, 0) is 19.1 Å². The molecule has 0 aliphatic heterocycles. The summed E-state index contributed by atoms with van der Waals surface area (Å²) in [4.78, 5) is 25.6. The van der Waals surface area contributed by atoms with E-state index in [1.165, 1.54) is 16.2 Å². The van der Waals surface area contributed by atoms with E-state index in [-0.39, 0.29) is 37.8 Å². The molecule has 0 aliphatic carbocycles. The maximum atomic E-state index is 12.3. The topological polar surface area (TPSA) is 70.4 Å². The molecule has 0 fully saturated rings. The van der Waals surface area contributed by atoms with Gasteiger partial charge in [-0.25, -0.2) is 0 Å². The fourth-order valence-electron chi connectivity index (χ4n) is 1.54. The highest BCUT2D eigenvalue weighted by Crippen LogP contribution is 2.22. The largest absolute Gasteiger partial charge is 0.466 e. The Morgan fingerprint density at radius 1 is 1.45 bits per heavy atom. The first-order valence-electron chi connectivity index (χ1n) is 6.15. The summed E-state index contributed by atoms with van der Waals surface area (Å²) in [5.74, 6) is -0.576. The van der Waals surface area contributed by atoms with Crippen LogP contribution in [0.15, 0.2) is 12.1 Å². The number of halogens is 1. The van der Waals surface area contributed by atoms with E-state index < -0.39 is 0 Å². The van der Waals surface area contributed by atoms with Crippen molar-refractivity contribution >= 4 is 34.8 Å². The smallest absolute Gasteiger partial charge is 0.307 e. The number of hydrogen-bond acceptors (Lipinski definition) is 5. The molecule has 0 saturated carbocycles. The van der Waals surface area contributed by atoms with E-state index in [0.29, 0.717) is 15.8 Å². The van der Waals surface area contributed by atoms with E-state index >= 15 is 0 Å². The van der Waals surface area contributed by atoms with Crippen molar-refractivity contribution in [3.8, 4) is 6.07 Å². The Kier molecular flexibility index (Phi) is 7.05. The molecule has 0 atom stereocenters. The van der Waals surface area contributed by atoms with Gasteiger partial charge in [0.05, 0.1) is 34.7 Å². The van der Waals surface area contributed by atoms with E-state index in [0.717, 1.165) is 0 Å². The van der Waals surface area contributed by atoms with Crippen LogP contribution in [0.5, 0.6) is 0 Å². The lowest BCUT2D eigenvalue weighted by atomic mass is 10.3. The zero-order valence-corrected chi connectivity index (χ0v) is 12.7. The van der Waals surface area contributed by atoms with Gasteiger partial charge in [0.15, 0.2) is 0 Å². The van der Waals surface area contributed by atoms with Gasteiger partial charge in [-0.2, -0.15) is 5.26 Å². The number of hydrogen-bond donors (Lipinski definition) is 0. The standard InChI is InChI=1S/C13H15ClN2O3S/c1-2-19-12(17)6-9-16(8-3-7-15)13(18)10-4-5-11(14)20-10/h4-5H,2-3,6,8-9H2,1H3. The summed E-state index contributed by atoms with van der Waals surface area (Å²) >= 11 is 6.98. The molecule has 0 N–H and O–H groups in total. The van der Waals surface area contributed by atoms with Gasteiger partial charge in [0.25, 0.3) is 5.91 Å². The average molecular weight is 315 g/mol. The summed E-state index contributed by atoms with van der Waals surface area (Å²) in [6.45, 7) is 2.55. The first-order chi connectivity index (χ1) is 9.58. The monoisotopic (exact) mass is 314 g/mol. The Morgan fingerprint density at radius 2 is 2.20 bits per heavy atom. The number of amides is 1. The molecule has 20 heavy (non-hydrogen) atoms. The summed E-state index contributed by atoms with van der Waals surface area (Å²) in [5, 5.41) is 8.64. The molecule has 0 unspecified atom stereocenters. The second-order valence-electron chi connectivity index (χ2n) is 3.86. The Balaban J connectivity index is 2.66. The lowest BCUT2D eigenvalue weighted by Crippen LogP contribution is -2.33. The molecule has 1 rings (SSSR count). The van der Waals surface area contributed by atoms with Crippen LogP contribution >= 0.6 is 22.9 Å². The lowest BCUT2D eigenvalue weighted by Gasteiger charge is -2.20.